The molecule has 0 aliphatic carbocycles. The van der Waals surface area contributed by atoms with Crippen LogP contribution in [0.5, 0.6) is 0 Å². The molecule has 1 aliphatic heterocycles. The van der Waals surface area contributed by atoms with Gasteiger partial charge in [-0.1, -0.05) is 0 Å². The minimum absolute atomic E-state index is 0.0833. The van der Waals surface area contributed by atoms with Crippen LogP contribution in [0.1, 0.15) is 26.7 Å². The van der Waals surface area contributed by atoms with Crippen LogP contribution in [0.25, 0.3) is 0 Å². The Morgan fingerprint density at radius 1 is 1.54 bits per heavy atom. The lowest BCUT2D eigenvalue weighted by Gasteiger charge is -2.31. The van der Waals surface area contributed by atoms with E-state index in [-0.39, 0.29) is 24.0 Å². The van der Waals surface area contributed by atoms with E-state index in [1.54, 1.807) is 0 Å². The second kappa shape index (κ2) is 4.07. The molecule has 0 saturated carbocycles. The summed E-state index contributed by atoms with van der Waals surface area (Å²) in [7, 11) is 0. The van der Waals surface area contributed by atoms with Crippen molar-refractivity contribution in [2.24, 2.45) is 11.5 Å². The second-order valence-corrected chi connectivity index (χ2v) is 3.90. The smallest absolute Gasteiger partial charge is 0.234 e. The van der Waals surface area contributed by atoms with Crippen LogP contribution in [0.4, 0.5) is 0 Å². The lowest BCUT2D eigenvalue weighted by molar-refractivity contribution is -0.123. The molecule has 76 valence electrons. The van der Waals surface area contributed by atoms with E-state index >= 15 is 0 Å². The first kappa shape index (κ1) is 10.5. The number of nitrogens with zero attached hydrogens (tertiary/aromatic N) is 1. The second-order valence-electron chi connectivity index (χ2n) is 3.90. The average molecular weight is 185 g/mol. The number of rotatable bonds is 3. The van der Waals surface area contributed by atoms with E-state index in [4.69, 9.17) is 11.5 Å². The van der Waals surface area contributed by atoms with Crippen LogP contribution >= 0.6 is 0 Å². The summed E-state index contributed by atoms with van der Waals surface area (Å²) in [6, 6.07) is 0.223. The molecular formula is C9H19N3O. The van der Waals surface area contributed by atoms with Crippen molar-refractivity contribution in [3.63, 3.8) is 0 Å². The number of likely N-dealkylation sites (tertiary alicyclic amines) is 1. The molecule has 1 aliphatic rings. The molecule has 3 unspecified atom stereocenters. The fourth-order valence-corrected chi connectivity index (χ4v) is 1.88. The Labute approximate surface area is 79.3 Å². The van der Waals surface area contributed by atoms with Crippen LogP contribution in [0.3, 0.4) is 0 Å². The van der Waals surface area contributed by atoms with Gasteiger partial charge in [-0.25, -0.2) is 0 Å². The fraction of sp³-hybridized carbons (Fsp3) is 0.889. The maximum atomic E-state index is 11.1. The zero-order valence-electron chi connectivity index (χ0n) is 8.36. The molecular weight excluding hydrogens is 166 g/mol. The summed E-state index contributed by atoms with van der Waals surface area (Å²) in [4.78, 5) is 13.2. The Kier molecular flexibility index (Phi) is 3.27. The number of amides is 1. The molecule has 0 aromatic heterocycles. The summed E-state index contributed by atoms with van der Waals surface area (Å²) >= 11 is 0. The van der Waals surface area contributed by atoms with E-state index in [0.29, 0.717) is 0 Å². The number of carbonyl (C=O) groups excluding carboxylic acids is 1. The Bertz CT molecular complexity index is 193. The van der Waals surface area contributed by atoms with E-state index in [1.807, 2.05) is 13.8 Å². The zero-order valence-corrected chi connectivity index (χ0v) is 8.36. The van der Waals surface area contributed by atoms with Gasteiger partial charge >= 0.3 is 0 Å². The Hall–Kier alpha value is -0.610. The highest BCUT2D eigenvalue weighted by molar-refractivity contribution is 5.80. The molecule has 1 amide bonds. The highest BCUT2D eigenvalue weighted by Crippen LogP contribution is 2.20. The van der Waals surface area contributed by atoms with Gasteiger partial charge in [0.1, 0.15) is 0 Å². The van der Waals surface area contributed by atoms with Gasteiger partial charge in [-0.15, -0.1) is 0 Å². The quantitative estimate of drug-likeness (QED) is 0.632. The van der Waals surface area contributed by atoms with Gasteiger partial charge in [0.15, 0.2) is 0 Å². The van der Waals surface area contributed by atoms with Crippen molar-refractivity contribution in [2.75, 3.05) is 6.54 Å². The molecule has 3 atom stereocenters. The number of hydrogen-bond donors (Lipinski definition) is 2. The summed E-state index contributed by atoms with van der Waals surface area (Å²) in [5, 5.41) is 0. The van der Waals surface area contributed by atoms with Gasteiger partial charge in [-0.2, -0.15) is 0 Å². The SMILES string of the molecule is CC(N)C(C)N1CCCC1C(N)=O. The molecule has 4 heteroatoms. The predicted molar refractivity (Wildman–Crippen MR) is 52.0 cm³/mol. The maximum absolute atomic E-state index is 11.1. The van der Waals surface area contributed by atoms with Crippen LogP contribution in [0.15, 0.2) is 0 Å². The number of hydrogen-bond acceptors (Lipinski definition) is 3. The molecule has 0 spiro atoms. The van der Waals surface area contributed by atoms with Crippen molar-refractivity contribution in [2.45, 2.75) is 44.8 Å². The van der Waals surface area contributed by atoms with Gasteiger partial charge in [-0.05, 0) is 33.2 Å². The Morgan fingerprint density at radius 2 is 2.15 bits per heavy atom. The fourth-order valence-electron chi connectivity index (χ4n) is 1.88. The third-order valence-corrected chi connectivity index (χ3v) is 2.91. The minimum Gasteiger partial charge on any atom is -0.368 e. The lowest BCUT2D eigenvalue weighted by atomic mass is 10.1. The van der Waals surface area contributed by atoms with Gasteiger partial charge in [0, 0.05) is 12.1 Å². The molecule has 1 fully saturated rings. The lowest BCUT2D eigenvalue weighted by Crippen LogP contribution is -2.50. The van der Waals surface area contributed by atoms with Crippen LogP contribution in [-0.4, -0.2) is 35.5 Å². The predicted octanol–water partition coefficient (Wildman–Crippen LogP) is -0.328. The van der Waals surface area contributed by atoms with Crippen molar-refractivity contribution in [3.05, 3.63) is 0 Å². The number of carbonyl (C=O) groups is 1. The third-order valence-electron chi connectivity index (χ3n) is 2.91. The van der Waals surface area contributed by atoms with E-state index in [1.165, 1.54) is 0 Å². The van der Waals surface area contributed by atoms with E-state index in [9.17, 15) is 4.79 Å². The molecule has 13 heavy (non-hydrogen) atoms. The standard InChI is InChI=1S/C9H19N3O/c1-6(10)7(2)12-5-3-4-8(12)9(11)13/h6-8H,3-5,10H2,1-2H3,(H2,11,13). The van der Waals surface area contributed by atoms with Crippen LogP contribution in [-0.2, 0) is 4.79 Å². The summed E-state index contributed by atoms with van der Waals surface area (Å²) in [5.41, 5.74) is 11.1. The normalized spacial score (nSPS) is 28.7. The minimum atomic E-state index is -0.218. The molecule has 1 rings (SSSR count). The molecule has 4 N–H and O–H groups in total. The highest BCUT2D eigenvalue weighted by Gasteiger charge is 2.33. The van der Waals surface area contributed by atoms with Crippen molar-refractivity contribution in [1.29, 1.82) is 0 Å². The van der Waals surface area contributed by atoms with E-state index in [0.717, 1.165) is 19.4 Å². The number of primary amides is 1. The molecule has 0 aromatic rings. The molecule has 1 saturated heterocycles. The van der Waals surface area contributed by atoms with Crippen LogP contribution in [0, 0.1) is 0 Å². The van der Waals surface area contributed by atoms with E-state index < -0.39 is 0 Å². The molecule has 0 aromatic carbocycles. The zero-order chi connectivity index (χ0) is 10.0. The largest absolute Gasteiger partial charge is 0.368 e. The molecule has 4 nitrogen and oxygen atoms in total. The number of nitrogens with two attached hydrogens (primary N) is 2. The molecule has 0 bridgehead atoms. The topological polar surface area (TPSA) is 72.3 Å². The van der Waals surface area contributed by atoms with Gasteiger partial charge in [-0.3, -0.25) is 9.69 Å². The van der Waals surface area contributed by atoms with Crippen molar-refractivity contribution < 1.29 is 4.79 Å². The summed E-state index contributed by atoms with van der Waals surface area (Å²) in [6.07, 6.45) is 1.93. The first-order chi connectivity index (χ1) is 6.04. The van der Waals surface area contributed by atoms with Gasteiger partial charge in [0.2, 0.25) is 5.91 Å². The van der Waals surface area contributed by atoms with Crippen LogP contribution in [0.2, 0.25) is 0 Å². The van der Waals surface area contributed by atoms with Crippen molar-refractivity contribution in [1.82, 2.24) is 4.90 Å². The first-order valence-electron chi connectivity index (χ1n) is 4.84. The maximum Gasteiger partial charge on any atom is 0.234 e. The third kappa shape index (κ3) is 2.19. The first-order valence-corrected chi connectivity index (χ1v) is 4.84. The summed E-state index contributed by atoms with van der Waals surface area (Å²) in [6.45, 7) is 4.95. The van der Waals surface area contributed by atoms with Gasteiger partial charge in [0.05, 0.1) is 6.04 Å². The summed E-state index contributed by atoms with van der Waals surface area (Å²) in [5.74, 6) is -0.218. The molecule has 1 heterocycles. The van der Waals surface area contributed by atoms with E-state index in [2.05, 4.69) is 4.90 Å². The highest BCUT2D eigenvalue weighted by atomic mass is 16.1. The Morgan fingerprint density at radius 3 is 2.62 bits per heavy atom. The van der Waals surface area contributed by atoms with Gasteiger partial charge in [0.25, 0.3) is 0 Å². The monoisotopic (exact) mass is 185 g/mol. The van der Waals surface area contributed by atoms with Gasteiger partial charge < -0.3 is 11.5 Å². The average Bonchev–Trinajstić information content (AvgIpc) is 2.50. The van der Waals surface area contributed by atoms with Crippen molar-refractivity contribution in [3.8, 4) is 0 Å². The molecule has 0 radical (unpaired) electrons. The van der Waals surface area contributed by atoms with Crippen LogP contribution < -0.4 is 11.5 Å². The Balaban J connectivity index is 2.62. The summed E-state index contributed by atoms with van der Waals surface area (Å²) < 4.78 is 0. The van der Waals surface area contributed by atoms with Crippen molar-refractivity contribution >= 4 is 5.91 Å².